The number of benzene rings is 1. The van der Waals surface area contributed by atoms with Crippen molar-refractivity contribution in [1.82, 2.24) is 4.90 Å². The highest BCUT2D eigenvalue weighted by molar-refractivity contribution is 7.89. The van der Waals surface area contributed by atoms with E-state index < -0.39 is 32.2 Å². The van der Waals surface area contributed by atoms with Crippen LogP contribution in [0.3, 0.4) is 0 Å². The second-order valence-electron chi connectivity index (χ2n) is 4.39. The average molecular weight is 323 g/mol. The van der Waals surface area contributed by atoms with Crippen molar-refractivity contribution in [3.05, 3.63) is 28.5 Å². The number of carbonyl (C=O) groups excluding carboxylic acids is 1. The van der Waals surface area contributed by atoms with Crippen molar-refractivity contribution in [1.29, 1.82) is 0 Å². The van der Waals surface area contributed by atoms with Gasteiger partial charge < -0.3 is 4.90 Å². The smallest absolute Gasteiger partial charge is 0.256 e. The molecule has 0 atom stereocenters. The fraction of sp³-hybridized carbons (Fsp3) is 0.417. The topological polar surface area (TPSA) is 80.5 Å². The fourth-order valence-corrected chi connectivity index (χ4v) is 2.56. The zero-order valence-electron chi connectivity index (χ0n) is 11.2. The number of hydrogen-bond acceptors (Lipinski definition) is 3. The maximum absolute atomic E-state index is 14.1. The minimum absolute atomic E-state index is 0.0670. The van der Waals surface area contributed by atoms with Crippen molar-refractivity contribution < 1.29 is 17.6 Å². The molecule has 0 spiro atoms. The second-order valence-corrected chi connectivity index (χ2v) is 6.36. The lowest BCUT2D eigenvalue weighted by atomic mass is 10.2. The Morgan fingerprint density at radius 2 is 2.05 bits per heavy atom. The Balaban J connectivity index is 3.26. The third-order valence-corrected chi connectivity index (χ3v) is 3.86. The van der Waals surface area contributed by atoms with E-state index in [1.807, 2.05) is 6.92 Å². The molecule has 0 aliphatic heterocycles. The van der Waals surface area contributed by atoms with E-state index in [4.69, 9.17) is 16.7 Å². The van der Waals surface area contributed by atoms with E-state index in [2.05, 4.69) is 0 Å². The zero-order chi connectivity index (χ0) is 15.5. The van der Waals surface area contributed by atoms with Crippen molar-refractivity contribution >= 4 is 27.5 Å². The summed E-state index contributed by atoms with van der Waals surface area (Å²) in [5, 5.41) is 4.83. The van der Waals surface area contributed by atoms with Gasteiger partial charge in [0.05, 0.1) is 5.56 Å². The quantitative estimate of drug-likeness (QED) is 0.900. The molecule has 0 aliphatic carbocycles. The summed E-state index contributed by atoms with van der Waals surface area (Å²) >= 11 is 5.72. The van der Waals surface area contributed by atoms with Gasteiger partial charge in [-0.3, -0.25) is 4.79 Å². The van der Waals surface area contributed by atoms with E-state index in [-0.39, 0.29) is 5.02 Å². The van der Waals surface area contributed by atoms with Gasteiger partial charge >= 0.3 is 0 Å². The Morgan fingerprint density at radius 3 is 2.55 bits per heavy atom. The van der Waals surface area contributed by atoms with Crippen molar-refractivity contribution in [2.45, 2.75) is 24.7 Å². The van der Waals surface area contributed by atoms with Crippen LogP contribution >= 0.6 is 11.6 Å². The Labute approximate surface area is 122 Å². The number of halogens is 2. The summed E-state index contributed by atoms with van der Waals surface area (Å²) in [6, 6.07) is 1.98. The molecule has 1 aromatic rings. The number of nitrogens with two attached hydrogens (primary N) is 1. The lowest BCUT2D eigenvalue weighted by Gasteiger charge is -2.18. The van der Waals surface area contributed by atoms with Gasteiger partial charge in [-0.25, -0.2) is 17.9 Å². The van der Waals surface area contributed by atoms with Crippen LogP contribution in [0, 0.1) is 5.82 Å². The maximum Gasteiger partial charge on any atom is 0.256 e. The normalized spacial score (nSPS) is 11.4. The average Bonchev–Trinajstić information content (AvgIpc) is 2.36. The van der Waals surface area contributed by atoms with Crippen molar-refractivity contribution in [3.8, 4) is 0 Å². The highest BCUT2D eigenvalue weighted by Crippen LogP contribution is 2.24. The van der Waals surface area contributed by atoms with Crippen LogP contribution in [0.4, 0.5) is 4.39 Å². The number of primary sulfonamides is 1. The zero-order valence-corrected chi connectivity index (χ0v) is 12.8. The summed E-state index contributed by atoms with van der Waals surface area (Å²) in [5.41, 5.74) is -0.403. The van der Waals surface area contributed by atoms with Gasteiger partial charge in [0.1, 0.15) is 4.90 Å². The van der Waals surface area contributed by atoms with Crippen LogP contribution in [0.5, 0.6) is 0 Å². The lowest BCUT2D eigenvalue weighted by molar-refractivity contribution is 0.0788. The van der Waals surface area contributed by atoms with Gasteiger partial charge in [0.15, 0.2) is 5.82 Å². The molecule has 20 heavy (non-hydrogen) atoms. The van der Waals surface area contributed by atoms with E-state index in [0.717, 1.165) is 25.0 Å². The van der Waals surface area contributed by atoms with Crippen LogP contribution < -0.4 is 5.14 Å². The molecular formula is C12H16ClFN2O3S. The highest BCUT2D eigenvalue weighted by atomic mass is 35.5. The van der Waals surface area contributed by atoms with Crippen LogP contribution in [0.2, 0.25) is 5.02 Å². The van der Waals surface area contributed by atoms with E-state index >= 15 is 0 Å². The number of unbranched alkanes of at least 4 members (excludes halogenated alkanes) is 1. The largest absolute Gasteiger partial charge is 0.342 e. The minimum Gasteiger partial charge on any atom is -0.342 e. The van der Waals surface area contributed by atoms with E-state index in [1.54, 1.807) is 0 Å². The molecular weight excluding hydrogens is 307 g/mol. The van der Waals surface area contributed by atoms with Crippen molar-refractivity contribution in [2.75, 3.05) is 13.6 Å². The lowest BCUT2D eigenvalue weighted by Crippen LogP contribution is -2.29. The van der Waals surface area contributed by atoms with Gasteiger partial charge in [0.25, 0.3) is 5.91 Å². The molecule has 112 valence electrons. The molecule has 0 fully saturated rings. The van der Waals surface area contributed by atoms with Crippen LogP contribution in [0.15, 0.2) is 17.0 Å². The van der Waals surface area contributed by atoms with Crippen molar-refractivity contribution in [3.63, 3.8) is 0 Å². The first-order valence-corrected chi connectivity index (χ1v) is 7.88. The Hall–Kier alpha value is -1.18. The predicted molar refractivity (Wildman–Crippen MR) is 74.7 cm³/mol. The van der Waals surface area contributed by atoms with E-state index in [9.17, 15) is 17.6 Å². The van der Waals surface area contributed by atoms with Crippen LogP contribution in [0.25, 0.3) is 0 Å². The summed E-state index contributed by atoms with van der Waals surface area (Å²) in [5.74, 6) is -1.81. The first kappa shape index (κ1) is 16.9. The second kappa shape index (κ2) is 6.51. The maximum atomic E-state index is 14.1. The number of rotatable bonds is 5. The SMILES string of the molecule is CCCCN(C)C(=O)c1cc(Cl)cc(S(N)(=O)=O)c1F. The third kappa shape index (κ3) is 3.91. The highest BCUT2D eigenvalue weighted by Gasteiger charge is 2.24. The molecule has 5 nitrogen and oxygen atoms in total. The number of hydrogen-bond donors (Lipinski definition) is 1. The standard InChI is InChI=1S/C12H16ClFN2O3S/c1-3-4-5-16(2)12(17)9-6-8(13)7-10(11(9)14)20(15,18)19/h6-7H,3-5H2,1-2H3,(H2,15,18,19). The molecule has 8 heteroatoms. The fourth-order valence-electron chi connectivity index (χ4n) is 1.63. The monoisotopic (exact) mass is 322 g/mol. The molecule has 0 unspecified atom stereocenters. The Bertz CT molecular complexity index is 619. The molecule has 0 bridgehead atoms. The molecule has 0 saturated heterocycles. The van der Waals surface area contributed by atoms with Gasteiger partial charge in [-0.1, -0.05) is 24.9 Å². The van der Waals surface area contributed by atoms with Crippen molar-refractivity contribution in [2.24, 2.45) is 5.14 Å². The summed E-state index contributed by atoms with van der Waals surface area (Å²) in [6.45, 7) is 2.39. The Kier molecular flexibility index (Phi) is 5.50. The van der Waals surface area contributed by atoms with Gasteiger partial charge in [-0.05, 0) is 18.6 Å². The predicted octanol–water partition coefficient (Wildman–Crippen LogP) is 2.00. The number of nitrogens with zero attached hydrogens (tertiary/aromatic N) is 1. The van der Waals surface area contributed by atoms with Crippen LogP contribution in [-0.4, -0.2) is 32.8 Å². The van der Waals surface area contributed by atoms with Gasteiger partial charge in [0.2, 0.25) is 10.0 Å². The number of amides is 1. The summed E-state index contributed by atoms with van der Waals surface area (Å²) in [4.78, 5) is 12.6. The molecule has 0 aromatic heterocycles. The summed E-state index contributed by atoms with van der Waals surface area (Å²) < 4.78 is 36.7. The number of sulfonamides is 1. The molecule has 1 rings (SSSR count). The molecule has 1 amide bonds. The first-order valence-electron chi connectivity index (χ1n) is 5.95. The molecule has 2 N–H and O–H groups in total. The van der Waals surface area contributed by atoms with Gasteiger partial charge in [0, 0.05) is 18.6 Å². The van der Waals surface area contributed by atoms with Gasteiger partial charge in [-0.2, -0.15) is 0 Å². The molecule has 0 saturated carbocycles. The number of carbonyl (C=O) groups is 1. The van der Waals surface area contributed by atoms with Gasteiger partial charge in [-0.15, -0.1) is 0 Å². The van der Waals surface area contributed by atoms with E-state index in [1.165, 1.54) is 11.9 Å². The Morgan fingerprint density at radius 1 is 1.45 bits per heavy atom. The molecule has 0 radical (unpaired) electrons. The summed E-state index contributed by atoms with van der Waals surface area (Å²) in [7, 11) is -2.78. The first-order chi connectivity index (χ1) is 9.18. The van der Waals surface area contributed by atoms with E-state index in [0.29, 0.717) is 6.54 Å². The molecule has 0 aliphatic rings. The van der Waals surface area contributed by atoms with Crippen LogP contribution in [-0.2, 0) is 10.0 Å². The molecule has 1 aromatic carbocycles. The minimum atomic E-state index is -4.28. The molecule has 0 heterocycles. The van der Waals surface area contributed by atoms with Crippen LogP contribution in [0.1, 0.15) is 30.1 Å². The summed E-state index contributed by atoms with van der Waals surface area (Å²) in [6.07, 6.45) is 1.63. The third-order valence-electron chi connectivity index (χ3n) is 2.73.